The Balaban J connectivity index is 2.48. The second kappa shape index (κ2) is 5.05. The number of aromatic nitrogens is 2. The van der Waals surface area contributed by atoms with Crippen LogP contribution >= 0.6 is 0 Å². The van der Waals surface area contributed by atoms with Crippen molar-refractivity contribution in [1.29, 1.82) is 0 Å². The molecule has 0 atom stereocenters. The predicted octanol–water partition coefficient (Wildman–Crippen LogP) is 3.01. The van der Waals surface area contributed by atoms with E-state index in [1.54, 1.807) is 0 Å². The highest BCUT2D eigenvalue weighted by Gasteiger charge is 2.03. The minimum Gasteiger partial charge on any atom is -0.346 e. The Morgan fingerprint density at radius 2 is 2.00 bits per heavy atom. The topological polar surface area (TPSA) is 28.7 Å². The third-order valence-corrected chi connectivity index (χ3v) is 2.39. The quantitative estimate of drug-likeness (QED) is 0.693. The average molecular weight is 180 g/mol. The molecule has 1 aromatic heterocycles. The van der Waals surface area contributed by atoms with Gasteiger partial charge in [0.2, 0.25) is 0 Å². The summed E-state index contributed by atoms with van der Waals surface area (Å²) in [5, 5.41) is 0. The van der Waals surface area contributed by atoms with E-state index in [-0.39, 0.29) is 0 Å². The molecule has 13 heavy (non-hydrogen) atoms. The molecule has 1 N–H and O–H groups in total. The highest BCUT2D eigenvalue weighted by molar-refractivity contribution is 5.12. The van der Waals surface area contributed by atoms with Gasteiger partial charge in [-0.15, -0.1) is 0 Å². The van der Waals surface area contributed by atoms with E-state index in [0.717, 1.165) is 12.8 Å². The van der Waals surface area contributed by atoms with Crippen molar-refractivity contribution in [2.45, 2.75) is 52.9 Å². The van der Waals surface area contributed by atoms with Crippen molar-refractivity contribution in [3.05, 3.63) is 17.2 Å². The van der Waals surface area contributed by atoms with Gasteiger partial charge in [0.25, 0.3) is 0 Å². The van der Waals surface area contributed by atoms with Gasteiger partial charge in [0.1, 0.15) is 5.82 Å². The fourth-order valence-corrected chi connectivity index (χ4v) is 1.57. The Hall–Kier alpha value is -0.790. The van der Waals surface area contributed by atoms with E-state index in [9.17, 15) is 0 Å². The normalized spacial score (nSPS) is 10.7. The minimum absolute atomic E-state index is 1.04. The van der Waals surface area contributed by atoms with E-state index < -0.39 is 0 Å². The summed E-state index contributed by atoms with van der Waals surface area (Å²) in [6, 6.07) is 0. The molecule has 74 valence electrons. The first-order valence-corrected chi connectivity index (χ1v) is 5.32. The van der Waals surface area contributed by atoms with Crippen molar-refractivity contribution in [1.82, 2.24) is 9.97 Å². The van der Waals surface area contributed by atoms with Crippen molar-refractivity contribution >= 4 is 0 Å². The summed E-state index contributed by atoms with van der Waals surface area (Å²) < 4.78 is 0. The first-order valence-electron chi connectivity index (χ1n) is 5.32. The molecule has 0 saturated carbocycles. The molecule has 2 nitrogen and oxygen atoms in total. The summed E-state index contributed by atoms with van der Waals surface area (Å²) in [6.07, 6.45) is 5.99. The monoisotopic (exact) mass is 180 g/mol. The molecule has 0 aliphatic heterocycles. The van der Waals surface area contributed by atoms with Crippen LogP contribution in [0.2, 0.25) is 0 Å². The number of nitrogens with one attached hydrogen (secondary N) is 1. The van der Waals surface area contributed by atoms with Gasteiger partial charge >= 0.3 is 0 Å². The number of aromatic amines is 1. The van der Waals surface area contributed by atoms with E-state index >= 15 is 0 Å². The Morgan fingerprint density at radius 3 is 2.54 bits per heavy atom. The lowest BCUT2D eigenvalue weighted by Crippen LogP contribution is -1.88. The minimum atomic E-state index is 1.04. The Bertz CT molecular complexity index is 251. The van der Waals surface area contributed by atoms with Crippen LogP contribution < -0.4 is 0 Å². The van der Waals surface area contributed by atoms with Gasteiger partial charge in [-0.2, -0.15) is 0 Å². The number of rotatable bonds is 5. The van der Waals surface area contributed by atoms with Crippen LogP contribution in [0.4, 0.5) is 0 Å². The van der Waals surface area contributed by atoms with Crippen molar-refractivity contribution < 1.29 is 0 Å². The molecule has 1 heterocycles. The molecular weight excluding hydrogens is 160 g/mol. The van der Waals surface area contributed by atoms with Crippen LogP contribution in [0.15, 0.2) is 0 Å². The summed E-state index contributed by atoms with van der Waals surface area (Å²) in [5.74, 6) is 1.17. The third kappa shape index (κ3) is 2.87. The predicted molar refractivity (Wildman–Crippen MR) is 55.9 cm³/mol. The van der Waals surface area contributed by atoms with E-state index in [1.807, 2.05) is 0 Å². The number of nitrogens with zero attached hydrogens (tertiary/aromatic N) is 1. The second-order valence-corrected chi connectivity index (χ2v) is 3.57. The molecular formula is C11H20N2. The van der Waals surface area contributed by atoms with Crippen molar-refractivity contribution in [3.8, 4) is 0 Å². The maximum atomic E-state index is 4.54. The Kier molecular flexibility index (Phi) is 4.00. The summed E-state index contributed by atoms with van der Waals surface area (Å²) in [7, 11) is 0. The molecule has 0 bridgehead atoms. The summed E-state index contributed by atoms with van der Waals surface area (Å²) in [6.45, 7) is 6.49. The molecule has 0 unspecified atom stereocenters. The summed E-state index contributed by atoms with van der Waals surface area (Å²) >= 11 is 0. The van der Waals surface area contributed by atoms with Crippen molar-refractivity contribution in [3.63, 3.8) is 0 Å². The standard InChI is InChI=1S/C11H20N2/c1-4-6-7-8-11-12-9(3)10(5-2)13-11/h4-8H2,1-3H3,(H,12,13). The lowest BCUT2D eigenvalue weighted by molar-refractivity contribution is 0.697. The van der Waals surface area contributed by atoms with Crippen LogP contribution in [-0.2, 0) is 12.8 Å². The summed E-state index contributed by atoms with van der Waals surface area (Å²) in [5.41, 5.74) is 2.47. The van der Waals surface area contributed by atoms with E-state index in [1.165, 1.54) is 36.5 Å². The summed E-state index contributed by atoms with van der Waals surface area (Å²) in [4.78, 5) is 7.89. The van der Waals surface area contributed by atoms with E-state index in [2.05, 4.69) is 30.7 Å². The first kappa shape index (κ1) is 10.3. The van der Waals surface area contributed by atoms with Crippen LogP contribution in [-0.4, -0.2) is 9.97 Å². The van der Waals surface area contributed by atoms with Gasteiger partial charge in [-0.3, -0.25) is 0 Å². The Morgan fingerprint density at radius 1 is 1.23 bits per heavy atom. The van der Waals surface area contributed by atoms with Crippen LogP contribution in [0.25, 0.3) is 0 Å². The number of unbranched alkanes of at least 4 members (excludes halogenated alkanes) is 2. The fourth-order valence-electron chi connectivity index (χ4n) is 1.57. The number of hydrogen-bond donors (Lipinski definition) is 1. The van der Waals surface area contributed by atoms with Gasteiger partial charge in [0, 0.05) is 12.1 Å². The van der Waals surface area contributed by atoms with Crippen LogP contribution in [0, 0.1) is 6.92 Å². The fraction of sp³-hybridized carbons (Fsp3) is 0.727. The van der Waals surface area contributed by atoms with Crippen LogP contribution in [0.5, 0.6) is 0 Å². The maximum Gasteiger partial charge on any atom is 0.106 e. The Labute approximate surface area is 80.8 Å². The van der Waals surface area contributed by atoms with Gasteiger partial charge in [0.15, 0.2) is 0 Å². The number of H-pyrrole nitrogens is 1. The molecule has 0 aromatic carbocycles. The second-order valence-electron chi connectivity index (χ2n) is 3.57. The molecule has 0 aliphatic rings. The average Bonchev–Trinajstić information content (AvgIpc) is 2.47. The van der Waals surface area contributed by atoms with Gasteiger partial charge in [0.05, 0.1) is 5.69 Å². The van der Waals surface area contributed by atoms with E-state index in [4.69, 9.17) is 0 Å². The van der Waals surface area contributed by atoms with Crippen molar-refractivity contribution in [2.24, 2.45) is 0 Å². The SMILES string of the molecule is CCCCCc1nc(CC)c(C)[nH]1. The van der Waals surface area contributed by atoms with Crippen LogP contribution in [0.3, 0.4) is 0 Å². The van der Waals surface area contributed by atoms with Gasteiger partial charge in [-0.25, -0.2) is 4.98 Å². The number of hydrogen-bond acceptors (Lipinski definition) is 1. The first-order chi connectivity index (χ1) is 6.27. The van der Waals surface area contributed by atoms with Gasteiger partial charge in [-0.05, 0) is 19.8 Å². The van der Waals surface area contributed by atoms with Crippen LogP contribution in [0.1, 0.15) is 50.3 Å². The lowest BCUT2D eigenvalue weighted by Gasteiger charge is -1.94. The zero-order valence-electron chi connectivity index (χ0n) is 8.98. The molecule has 0 fully saturated rings. The molecule has 0 saturated heterocycles. The number of imidazole rings is 1. The number of aryl methyl sites for hydroxylation is 3. The molecule has 0 aliphatic carbocycles. The maximum absolute atomic E-state index is 4.54. The third-order valence-electron chi connectivity index (χ3n) is 2.39. The highest BCUT2D eigenvalue weighted by Crippen LogP contribution is 2.08. The smallest absolute Gasteiger partial charge is 0.106 e. The van der Waals surface area contributed by atoms with Crippen molar-refractivity contribution in [2.75, 3.05) is 0 Å². The molecule has 2 heteroatoms. The zero-order chi connectivity index (χ0) is 9.68. The molecule has 0 radical (unpaired) electrons. The highest BCUT2D eigenvalue weighted by atomic mass is 14.9. The molecule has 1 aromatic rings. The molecule has 1 rings (SSSR count). The zero-order valence-corrected chi connectivity index (χ0v) is 8.98. The lowest BCUT2D eigenvalue weighted by atomic mass is 10.2. The largest absolute Gasteiger partial charge is 0.346 e. The molecule has 0 spiro atoms. The van der Waals surface area contributed by atoms with Gasteiger partial charge in [-0.1, -0.05) is 26.7 Å². The molecule has 0 amide bonds. The van der Waals surface area contributed by atoms with E-state index in [0.29, 0.717) is 0 Å². The van der Waals surface area contributed by atoms with Gasteiger partial charge < -0.3 is 4.98 Å².